The van der Waals surface area contributed by atoms with Crippen LogP contribution in [-0.2, 0) is 52.1 Å². The molecule has 0 N–H and O–H groups in total. The van der Waals surface area contributed by atoms with Crippen LogP contribution in [0.1, 0.15) is 43.0 Å². The van der Waals surface area contributed by atoms with Gasteiger partial charge in [0.2, 0.25) is 6.33 Å². The first-order valence-corrected chi connectivity index (χ1v) is 16.3. The number of carbonyl (C=O) groups is 2. The van der Waals surface area contributed by atoms with E-state index in [4.69, 9.17) is 14.2 Å². The molecule has 248 valence electrons. The quantitative estimate of drug-likeness (QED) is 0.101. The maximum atomic E-state index is 13.9. The van der Waals surface area contributed by atoms with Gasteiger partial charge in [0.1, 0.15) is 36.9 Å². The molecule has 4 aromatic carbocycles. The van der Waals surface area contributed by atoms with Crippen molar-refractivity contribution >= 4 is 11.9 Å². The average Bonchev–Trinajstić information content (AvgIpc) is 3.49. The third-order valence-corrected chi connectivity index (χ3v) is 8.22. The Morgan fingerprint density at radius 3 is 1.79 bits per heavy atom. The van der Waals surface area contributed by atoms with Crippen molar-refractivity contribution in [1.29, 1.82) is 0 Å². The van der Waals surface area contributed by atoms with E-state index in [2.05, 4.69) is 53.5 Å². The number of esters is 2. The van der Waals surface area contributed by atoms with E-state index in [1.165, 1.54) is 5.56 Å². The average molecular weight is 646 g/mol. The first-order chi connectivity index (χ1) is 23.1. The van der Waals surface area contributed by atoms with Crippen LogP contribution in [0.3, 0.4) is 0 Å². The van der Waals surface area contributed by atoms with Gasteiger partial charge in [-0.3, -0.25) is 9.59 Å². The molecule has 7 nitrogen and oxygen atoms in total. The Labute approximate surface area is 283 Å². The first-order valence-electron chi connectivity index (χ1n) is 16.3. The van der Waals surface area contributed by atoms with Gasteiger partial charge in [-0.05, 0) is 79.1 Å². The molecule has 0 fully saturated rings. The Morgan fingerprint density at radius 1 is 0.708 bits per heavy atom. The molecule has 0 radical (unpaired) electrons. The molecule has 1 aromatic heterocycles. The Hall–Kier alpha value is -5.17. The topological polar surface area (TPSA) is 70.6 Å². The van der Waals surface area contributed by atoms with Crippen molar-refractivity contribution in [3.63, 3.8) is 0 Å². The molecule has 0 amide bonds. The van der Waals surface area contributed by atoms with Crippen molar-refractivity contribution in [2.75, 3.05) is 7.11 Å². The van der Waals surface area contributed by atoms with Crippen molar-refractivity contribution in [3.8, 4) is 16.9 Å². The Bertz CT molecular complexity index is 1770. The second-order valence-corrected chi connectivity index (χ2v) is 13.2. The minimum absolute atomic E-state index is 0.0900. The zero-order valence-corrected chi connectivity index (χ0v) is 28.5. The van der Waals surface area contributed by atoms with Crippen LogP contribution in [0.15, 0.2) is 122 Å². The largest absolute Gasteiger partial charge is 0.497 e. The van der Waals surface area contributed by atoms with Gasteiger partial charge >= 0.3 is 11.9 Å². The SMILES string of the molecule is COc1ccc(COC(=O)[C@H](Cc2ccccc2)[C@H](Cc2ccc(-c3ccc(Cn4cc[n+](C)c4)cc3)cc2)C(=O)OC(C)(C)C)cc1. The van der Waals surface area contributed by atoms with E-state index in [0.29, 0.717) is 12.8 Å². The molecule has 0 spiro atoms. The number of benzene rings is 4. The first kappa shape index (κ1) is 34.2. The normalized spacial score (nSPS) is 12.6. The number of nitrogens with zero attached hydrogens (tertiary/aromatic N) is 2. The lowest BCUT2D eigenvalue weighted by molar-refractivity contribution is -0.671. The molecule has 0 aliphatic rings. The number of rotatable bonds is 13. The van der Waals surface area contributed by atoms with Crippen LogP contribution in [0.2, 0.25) is 0 Å². The number of hydrogen-bond acceptors (Lipinski definition) is 5. The van der Waals surface area contributed by atoms with Crippen molar-refractivity contribution < 1.29 is 28.4 Å². The van der Waals surface area contributed by atoms with Crippen LogP contribution >= 0.6 is 0 Å². The van der Waals surface area contributed by atoms with Crippen molar-refractivity contribution in [2.24, 2.45) is 18.9 Å². The minimum atomic E-state index is -0.756. The van der Waals surface area contributed by atoms with Gasteiger partial charge in [-0.15, -0.1) is 0 Å². The van der Waals surface area contributed by atoms with Crippen LogP contribution in [0.5, 0.6) is 5.75 Å². The fraction of sp³-hybridized carbons (Fsp3) is 0.293. The van der Waals surface area contributed by atoms with Gasteiger partial charge in [0.15, 0.2) is 0 Å². The van der Waals surface area contributed by atoms with Crippen LogP contribution in [0, 0.1) is 11.8 Å². The third-order valence-electron chi connectivity index (χ3n) is 8.22. The lowest BCUT2D eigenvalue weighted by Gasteiger charge is -2.28. The van der Waals surface area contributed by atoms with E-state index in [-0.39, 0.29) is 6.61 Å². The van der Waals surface area contributed by atoms with Crippen LogP contribution in [-0.4, -0.2) is 29.2 Å². The van der Waals surface area contributed by atoms with Gasteiger partial charge in [0.05, 0.1) is 26.0 Å². The highest BCUT2D eigenvalue weighted by molar-refractivity contribution is 5.83. The van der Waals surface area contributed by atoms with E-state index in [1.54, 1.807) is 7.11 Å². The molecule has 0 saturated carbocycles. The second-order valence-electron chi connectivity index (χ2n) is 13.2. The van der Waals surface area contributed by atoms with Crippen molar-refractivity contribution in [2.45, 2.75) is 52.4 Å². The third kappa shape index (κ3) is 9.67. The van der Waals surface area contributed by atoms with E-state index in [0.717, 1.165) is 40.1 Å². The minimum Gasteiger partial charge on any atom is -0.497 e. The molecule has 5 aromatic rings. The number of carbonyl (C=O) groups excluding carboxylic acids is 2. The lowest BCUT2D eigenvalue weighted by Crippen LogP contribution is -2.38. The highest BCUT2D eigenvalue weighted by Crippen LogP contribution is 2.29. The maximum absolute atomic E-state index is 13.9. The molecule has 48 heavy (non-hydrogen) atoms. The van der Waals surface area contributed by atoms with Gasteiger partial charge in [-0.2, -0.15) is 0 Å². The summed E-state index contributed by atoms with van der Waals surface area (Å²) in [6, 6.07) is 33.9. The Balaban J connectivity index is 1.36. The van der Waals surface area contributed by atoms with Gasteiger partial charge in [0, 0.05) is 0 Å². The highest BCUT2D eigenvalue weighted by atomic mass is 16.6. The summed E-state index contributed by atoms with van der Waals surface area (Å²) in [6.07, 6.45) is 6.82. The summed E-state index contributed by atoms with van der Waals surface area (Å²) in [5.41, 5.74) is 5.40. The number of ether oxygens (including phenoxy) is 3. The number of hydrogen-bond donors (Lipinski definition) is 0. The maximum Gasteiger partial charge on any atom is 0.310 e. The Morgan fingerprint density at radius 2 is 1.25 bits per heavy atom. The molecule has 5 rings (SSSR count). The predicted octanol–water partition coefficient (Wildman–Crippen LogP) is 7.14. The van der Waals surface area contributed by atoms with Gasteiger partial charge < -0.3 is 14.2 Å². The summed E-state index contributed by atoms with van der Waals surface area (Å²) in [5.74, 6) is -1.64. The van der Waals surface area contributed by atoms with Crippen LogP contribution in [0.25, 0.3) is 11.1 Å². The number of methoxy groups -OCH3 is 1. The van der Waals surface area contributed by atoms with Gasteiger partial charge in [-0.25, -0.2) is 9.13 Å². The molecule has 0 aliphatic heterocycles. The molecule has 2 atom stereocenters. The van der Waals surface area contributed by atoms with E-state index < -0.39 is 29.4 Å². The highest BCUT2D eigenvalue weighted by Gasteiger charge is 2.38. The summed E-state index contributed by atoms with van der Waals surface area (Å²) >= 11 is 0. The van der Waals surface area contributed by atoms with Crippen LogP contribution < -0.4 is 9.30 Å². The fourth-order valence-electron chi connectivity index (χ4n) is 5.70. The zero-order valence-electron chi connectivity index (χ0n) is 28.5. The summed E-state index contributed by atoms with van der Waals surface area (Å²) in [6.45, 7) is 6.42. The monoisotopic (exact) mass is 645 g/mol. The van der Waals surface area contributed by atoms with Gasteiger partial charge in [-0.1, -0.05) is 91.0 Å². The summed E-state index contributed by atoms with van der Waals surface area (Å²) in [4.78, 5) is 27.7. The van der Waals surface area contributed by atoms with E-state index >= 15 is 0 Å². The zero-order chi connectivity index (χ0) is 34.1. The number of aryl methyl sites for hydroxylation is 1. The van der Waals surface area contributed by atoms with Crippen LogP contribution in [0.4, 0.5) is 0 Å². The molecule has 0 unspecified atom stereocenters. The van der Waals surface area contributed by atoms with E-state index in [9.17, 15) is 9.59 Å². The number of imidazole rings is 1. The molecular formula is C41H45N2O5+. The summed E-state index contributed by atoms with van der Waals surface area (Å²) < 4.78 is 21.2. The molecule has 0 bridgehead atoms. The molecule has 1 heterocycles. The predicted molar refractivity (Wildman–Crippen MR) is 186 cm³/mol. The lowest BCUT2D eigenvalue weighted by atomic mass is 9.82. The second kappa shape index (κ2) is 15.6. The molecule has 0 aliphatic carbocycles. The summed E-state index contributed by atoms with van der Waals surface area (Å²) in [5, 5.41) is 0. The molecule has 7 heteroatoms. The fourth-order valence-corrected chi connectivity index (χ4v) is 5.70. The van der Waals surface area contributed by atoms with Gasteiger partial charge in [0.25, 0.3) is 0 Å². The number of aromatic nitrogens is 2. The van der Waals surface area contributed by atoms with Crippen molar-refractivity contribution in [3.05, 3.63) is 144 Å². The molecule has 0 saturated heterocycles. The molecular weight excluding hydrogens is 600 g/mol. The van der Waals surface area contributed by atoms with Crippen molar-refractivity contribution in [1.82, 2.24) is 4.57 Å². The smallest absolute Gasteiger partial charge is 0.310 e. The van der Waals surface area contributed by atoms with E-state index in [1.807, 2.05) is 105 Å². The standard InChI is InChI=1S/C41H45N2O5/c1-41(2,3)48-40(45)38(37(25-30-9-7-6-8-10-30)39(44)47-28-33-15-21-36(46-5)22-16-33)26-31-11-17-34(18-12-31)35-19-13-32(14-20-35)27-43-24-23-42(4)29-43/h6-24,29,37-38H,25-28H2,1-5H3/q+1/t37-,38+/m1/s1. The Kier molecular flexibility index (Phi) is 11.1. The summed E-state index contributed by atoms with van der Waals surface area (Å²) in [7, 11) is 3.62.